The summed E-state index contributed by atoms with van der Waals surface area (Å²) in [6.45, 7) is 1.27. The molecule has 30 heavy (non-hydrogen) atoms. The number of pyridine rings is 1. The number of hydrogen-bond donors (Lipinski definition) is 1. The molecule has 0 radical (unpaired) electrons. The van der Waals surface area contributed by atoms with Gasteiger partial charge in [0.05, 0.1) is 11.8 Å². The lowest BCUT2D eigenvalue weighted by atomic mass is 10.1. The van der Waals surface area contributed by atoms with Gasteiger partial charge in [-0.25, -0.2) is 4.98 Å². The Morgan fingerprint density at radius 3 is 2.37 bits per heavy atom. The maximum Gasteiger partial charge on any atom is 0.286 e. The monoisotopic (exact) mass is 453 g/mol. The van der Waals surface area contributed by atoms with E-state index in [4.69, 9.17) is 22.3 Å². The summed E-state index contributed by atoms with van der Waals surface area (Å²) in [4.78, 5) is 29.1. The lowest BCUT2D eigenvalue weighted by Gasteiger charge is -2.18. The van der Waals surface area contributed by atoms with Gasteiger partial charge in [0.25, 0.3) is 5.24 Å². The average molecular weight is 453 g/mol. The van der Waals surface area contributed by atoms with Gasteiger partial charge < -0.3 is 18.7 Å². The number of rotatable bonds is 7. The molecule has 0 saturated carbocycles. The van der Waals surface area contributed by atoms with Crippen LogP contribution in [0.5, 0.6) is 5.75 Å². The van der Waals surface area contributed by atoms with E-state index in [9.17, 15) is 9.59 Å². The Balaban J connectivity index is 0.000000575. The van der Waals surface area contributed by atoms with E-state index in [0.29, 0.717) is 13.0 Å². The summed E-state index contributed by atoms with van der Waals surface area (Å²) in [5, 5.41) is 1.69. The smallest absolute Gasteiger partial charge is 0.286 e. The summed E-state index contributed by atoms with van der Waals surface area (Å²) < 4.78 is 39.8. The summed E-state index contributed by atoms with van der Waals surface area (Å²) in [7, 11) is -3.19. The highest BCUT2D eigenvalue weighted by molar-refractivity contribution is 8.15. The van der Waals surface area contributed by atoms with Crippen LogP contribution in [0.25, 0.3) is 0 Å². The molecule has 0 aliphatic carbocycles. The minimum atomic E-state index is -5.17. The van der Waals surface area contributed by atoms with Crippen LogP contribution >= 0.6 is 11.8 Å². The molecule has 1 aromatic carbocycles. The predicted molar refractivity (Wildman–Crippen MR) is 109 cm³/mol. The van der Waals surface area contributed by atoms with Crippen LogP contribution in [0.4, 0.5) is 10.6 Å². The molecule has 1 aliphatic heterocycles. The van der Waals surface area contributed by atoms with Crippen LogP contribution in [0.2, 0.25) is 0 Å². The maximum absolute atomic E-state index is 11.6. The van der Waals surface area contributed by atoms with Gasteiger partial charge in [-0.05, 0) is 36.2 Å². The van der Waals surface area contributed by atoms with Crippen molar-refractivity contribution in [2.45, 2.75) is 11.7 Å². The third-order valence-electron chi connectivity index (χ3n) is 3.85. The summed E-state index contributed by atoms with van der Waals surface area (Å²) in [5.41, 5.74) is 1.00. The highest BCUT2D eigenvalue weighted by Gasteiger charge is 2.31. The Hall–Kier alpha value is -2.67. The summed E-state index contributed by atoms with van der Waals surface area (Å²) >= 11 is 1.05. The van der Waals surface area contributed by atoms with Crippen molar-refractivity contribution in [1.82, 2.24) is 10.3 Å². The highest BCUT2D eigenvalue weighted by atomic mass is 32.3. The van der Waals surface area contributed by atoms with Crippen molar-refractivity contribution in [2.75, 3.05) is 25.1 Å². The number of benzene rings is 1. The SMILES string of the molecule is CN(CCOc1ccc(CC2SC(=O)NC2=O)cc1)c1ccccn1.O=S(=O)([O-])[O-]. The van der Waals surface area contributed by atoms with Crippen molar-refractivity contribution in [3.05, 3.63) is 54.2 Å². The number of hydrogen-bond acceptors (Lipinski definition) is 10. The number of aromatic nitrogens is 1. The van der Waals surface area contributed by atoms with Gasteiger partial charge in [-0.15, -0.1) is 0 Å². The van der Waals surface area contributed by atoms with E-state index in [1.807, 2.05) is 54.4 Å². The molecular formula is C18H19N3O7S2-2. The second-order valence-electron chi connectivity index (χ2n) is 6.10. The van der Waals surface area contributed by atoms with E-state index >= 15 is 0 Å². The maximum atomic E-state index is 11.6. The van der Waals surface area contributed by atoms with Crippen molar-refractivity contribution >= 4 is 39.1 Å². The van der Waals surface area contributed by atoms with Crippen molar-refractivity contribution in [3.63, 3.8) is 0 Å². The largest absolute Gasteiger partial charge is 0.759 e. The molecule has 12 heteroatoms. The zero-order valence-electron chi connectivity index (χ0n) is 15.9. The fourth-order valence-corrected chi connectivity index (χ4v) is 3.32. The van der Waals surface area contributed by atoms with E-state index < -0.39 is 10.4 Å². The van der Waals surface area contributed by atoms with Crippen molar-refractivity contribution in [3.8, 4) is 5.75 Å². The summed E-state index contributed by atoms with van der Waals surface area (Å²) in [6.07, 6.45) is 2.30. The molecule has 162 valence electrons. The number of nitrogens with zero attached hydrogens (tertiary/aromatic N) is 2. The van der Waals surface area contributed by atoms with Crippen LogP contribution < -0.4 is 15.0 Å². The van der Waals surface area contributed by atoms with E-state index in [-0.39, 0.29) is 16.4 Å². The van der Waals surface area contributed by atoms with Gasteiger partial charge in [-0.3, -0.25) is 23.3 Å². The van der Waals surface area contributed by atoms with Gasteiger partial charge in [0, 0.05) is 23.6 Å². The first kappa shape index (κ1) is 23.6. The van der Waals surface area contributed by atoms with Gasteiger partial charge in [0.1, 0.15) is 18.2 Å². The molecule has 1 fully saturated rings. The Morgan fingerprint density at radius 2 is 1.83 bits per heavy atom. The average Bonchev–Trinajstić information content (AvgIpc) is 2.99. The third-order valence-corrected chi connectivity index (χ3v) is 4.83. The topological polar surface area (TPSA) is 152 Å². The predicted octanol–water partition coefficient (Wildman–Crippen LogP) is 1.15. The molecule has 0 spiro atoms. The number of anilines is 1. The second kappa shape index (κ2) is 10.9. The van der Waals surface area contributed by atoms with Crippen LogP contribution in [0, 0.1) is 0 Å². The highest BCUT2D eigenvalue weighted by Crippen LogP contribution is 2.23. The van der Waals surface area contributed by atoms with Crippen LogP contribution in [-0.4, -0.2) is 59.1 Å². The zero-order chi connectivity index (χ0) is 22.1. The Morgan fingerprint density at radius 1 is 1.17 bits per heavy atom. The number of likely N-dealkylation sites (N-methyl/N-ethyl adjacent to an activating group) is 1. The molecule has 1 atom stereocenters. The molecular weight excluding hydrogens is 434 g/mol. The first-order chi connectivity index (χ1) is 14.1. The lowest BCUT2D eigenvalue weighted by molar-refractivity contribution is -0.118. The Kier molecular flexibility index (Phi) is 8.59. The normalized spacial score (nSPS) is 15.8. The van der Waals surface area contributed by atoms with Crippen LogP contribution in [0.15, 0.2) is 48.7 Å². The molecule has 10 nitrogen and oxygen atoms in total. The zero-order valence-corrected chi connectivity index (χ0v) is 17.5. The minimum absolute atomic E-state index is 0.215. The number of carbonyl (C=O) groups is 2. The summed E-state index contributed by atoms with van der Waals surface area (Å²) in [5.74, 6) is 1.47. The number of nitrogens with one attached hydrogen (secondary N) is 1. The molecule has 0 bridgehead atoms. The van der Waals surface area contributed by atoms with Crippen LogP contribution in [0.1, 0.15) is 5.56 Å². The molecule has 2 amide bonds. The Labute approximate surface area is 178 Å². The minimum Gasteiger partial charge on any atom is -0.759 e. The van der Waals surface area contributed by atoms with E-state index in [1.165, 1.54) is 0 Å². The molecule has 1 unspecified atom stereocenters. The Bertz CT molecular complexity index is 946. The number of thioether (sulfide) groups is 1. The molecule has 2 heterocycles. The summed E-state index contributed by atoms with van der Waals surface area (Å²) in [6, 6.07) is 13.4. The second-order valence-corrected chi connectivity index (χ2v) is 8.09. The van der Waals surface area contributed by atoms with Gasteiger partial charge in [-0.1, -0.05) is 30.0 Å². The van der Waals surface area contributed by atoms with Gasteiger partial charge in [0.15, 0.2) is 0 Å². The van der Waals surface area contributed by atoms with Crippen molar-refractivity contribution < 1.29 is 31.8 Å². The molecule has 1 aliphatic rings. The third kappa shape index (κ3) is 8.78. The first-order valence-electron chi connectivity index (χ1n) is 8.64. The first-order valence-corrected chi connectivity index (χ1v) is 10.8. The lowest BCUT2D eigenvalue weighted by Crippen LogP contribution is -2.25. The molecule has 1 aromatic heterocycles. The quantitative estimate of drug-likeness (QED) is 0.477. The van der Waals surface area contributed by atoms with Crippen molar-refractivity contribution in [2.24, 2.45) is 0 Å². The fraction of sp³-hybridized carbons (Fsp3) is 0.278. The number of imide groups is 1. The van der Waals surface area contributed by atoms with Crippen molar-refractivity contribution in [1.29, 1.82) is 0 Å². The van der Waals surface area contributed by atoms with E-state index in [2.05, 4.69) is 10.3 Å². The van der Waals surface area contributed by atoms with Crippen LogP contribution in [-0.2, 0) is 21.6 Å². The number of ether oxygens (including phenoxy) is 1. The number of carbonyl (C=O) groups excluding carboxylic acids is 2. The molecule has 2 aromatic rings. The van der Waals surface area contributed by atoms with Crippen LogP contribution in [0.3, 0.4) is 0 Å². The standard InChI is InChI=1S/C18H19N3O3S.H2O4S/c1-21(16-4-2-3-9-19-16)10-11-24-14-7-5-13(6-8-14)12-15-17(22)20-18(23)25-15;1-5(2,3)4/h2-9,15H,10-12H2,1H3,(H,20,22,23);(H2,1,2,3,4)/p-2. The molecule has 3 rings (SSSR count). The molecule has 1 saturated heterocycles. The van der Waals surface area contributed by atoms with Gasteiger partial charge in [0.2, 0.25) is 5.91 Å². The van der Waals surface area contributed by atoms with Gasteiger partial charge in [-0.2, -0.15) is 0 Å². The van der Waals surface area contributed by atoms with E-state index in [1.54, 1.807) is 6.20 Å². The fourth-order valence-electron chi connectivity index (χ4n) is 2.46. The number of amides is 2. The van der Waals surface area contributed by atoms with E-state index in [0.717, 1.165) is 35.4 Å². The molecule has 1 N–H and O–H groups in total. The van der Waals surface area contributed by atoms with Gasteiger partial charge >= 0.3 is 0 Å².